The van der Waals surface area contributed by atoms with Gasteiger partial charge in [-0.15, -0.1) is 0 Å². The number of aliphatic carboxylic acids is 1. The predicted octanol–water partition coefficient (Wildman–Crippen LogP) is 5.97. The van der Waals surface area contributed by atoms with Crippen molar-refractivity contribution in [2.75, 3.05) is 31.6 Å². The summed E-state index contributed by atoms with van der Waals surface area (Å²) in [5.41, 5.74) is 1.23. The summed E-state index contributed by atoms with van der Waals surface area (Å²) < 4.78 is 48.3. The predicted molar refractivity (Wildman–Crippen MR) is 142 cm³/mol. The lowest BCUT2D eigenvalue weighted by atomic mass is 10.1. The Morgan fingerprint density at radius 3 is 2.40 bits per heavy atom. The molecule has 2 rings (SSSR count). The number of benzene rings is 2. The van der Waals surface area contributed by atoms with Gasteiger partial charge in [-0.2, -0.15) is 13.2 Å². The molecule has 1 atom stereocenters. The molecule has 0 radical (unpaired) electrons. The number of carboxylic acid groups (broad SMARTS) is 1. The Labute approximate surface area is 230 Å². The molecule has 2 aromatic carbocycles. The molecule has 0 spiro atoms. The fraction of sp³-hybridized carbons (Fsp3) is 0.481. The van der Waals surface area contributed by atoms with E-state index in [4.69, 9.17) is 9.47 Å². The van der Waals surface area contributed by atoms with Gasteiger partial charge >= 0.3 is 18.2 Å². The molecule has 2 N–H and O–H groups in total. The van der Waals surface area contributed by atoms with Crippen LogP contribution in [0.3, 0.4) is 0 Å². The van der Waals surface area contributed by atoms with Crippen molar-refractivity contribution < 1.29 is 42.3 Å². The average Bonchev–Trinajstić information content (AvgIpc) is 2.88. The SMILES string of the molecule is CCOC(Cc1ccc(OCCN(CCCCCC(F)(F)F)C(=O)Nc2ccc(C)c([N+](=O)[O-])c2)cc1)C(=O)O. The highest BCUT2D eigenvalue weighted by Crippen LogP contribution is 2.24. The third-order valence-electron chi connectivity index (χ3n) is 5.95. The van der Waals surface area contributed by atoms with E-state index in [1.165, 1.54) is 23.1 Å². The van der Waals surface area contributed by atoms with Crippen LogP contribution in [0.1, 0.15) is 43.7 Å². The lowest BCUT2D eigenvalue weighted by Crippen LogP contribution is -2.38. The number of hydrogen-bond acceptors (Lipinski definition) is 6. The van der Waals surface area contributed by atoms with E-state index in [9.17, 15) is 38.0 Å². The molecule has 0 aliphatic heterocycles. The summed E-state index contributed by atoms with van der Waals surface area (Å²) >= 11 is 0. The number of alkyl halides is 3. The zero-order chi connectivity index (χ0) is 29.7. The van der Waals surface area contributed by atoms with Crippen LogP contribution in [-0.4, -0.2) is 65.5 Å². The number of halogens is 3. The second-order valence-corrected chi connectivity index (χ2v) is 9.08. The van der Waals surface area contributed by atoms with Gasteiger partial charge in [0.25, 0.3) is 5.69 Å². The molecule has 0 saturated heterocycles. The van der Waals surface area contributed by atoms with Crippen LogP contribution in [0.15, 0.2) is 42.5 Å². The second-order valence-electron chi connectivity index (χ2n) is 9.08. The van der Waals surface area contributed by atoms with Gasteiger partial charge in [0.2, 0.25) is 0 Å². The van der Waals surface area contributed by atoms with Crippen molar-refractivity contribution in [3.05, 3.63) is 63.7 Å². The molecule has 2 aromatic rings. The molecule has 10 nitrogen and oxygen atoms in total. The minimum atomic E-state index is -4.24. The van der Waals surface area contributed by atoms with E-state index in [1.807, 2.05) is 0 Å². The molecular weight excluding hydrogens is 535 g/mol. The number of anilines is 1. The lowest BCUT2D eigenvalue weighted by Gasteiger charge is -2.23. The van der Waals surface area contributed by atoms with Crippen molar-refractivity contribution in [2.24, 2.45) is 0 Å². The molecule has 220 valence electrons. The smallest absolute Gasteiger partial charge is 0.389 e. The van der Waals surface area contributed by atoms with Crippen molar-refractivity contribution in [3.63, 3.8) is 0 Å². The largest absolute Gasteiger partial charge is 0.492 e. The van der Waals surface area contributed by atoms with E-state index in [-0.39, 0.29) is 56.9 Å². The summed E-state index contributed by atoms with van der Waals surface area (Å²) in [6, 6.07) is 10.5. The number of carbonyl (C=O) groups is 2. The average molecular weight is 570 g/mol. The number of amides is 2. The third-order valence-corrected chi connectivity index (χ3v) is 5.95. The number of hydrogen-bond donors (Lipinski definition) is 2. The number of carboxylic acids is 1. The van der Waals surface area contributed by atoms with Crippen LogP contribution in [0, 0.1) is 17.0 Å². The summed E-state index contributed by atoms with van der Waals surface area (Å²) in [7, 11) is 0. The zero-order valence-electron chi connectivity index (χ0n) is 22.4. The number of carbonyl (C=O) groups excluding carboxylic acids is 1. The van der Waals surface area contributed by atoms with Gasteiger partial charge in [-0.1, -0.05) is 24.6 Å². The molecular formula is C27H34F3N3O7. The first-order valence-corrected chi connectivity index (χ1v) is 12.8. The molecule has 0 fully saturated rings. The Balaban J connectivity index is 1.99. The van der Waals surface area contributed by atoms with E-state index in [1.54, 1.807) is 38.1 Å². The molecule has 0 bridgehead atoms. The van der Waals surface area contributed by atoms with Crippen molar-refractivity contribution in [2.45, 2.75) is 58.2 Å². The van der Waals surface area contributed by atoms with Gasteiger partial charge in [0, 0.05) is 43.3 Å². The second kappa shape index (κ2) is 15.7. The van der Waals surface area contributed by atoms with Crippen molar-refractivity contribution in [3.8, 4) is 5.75 Å². The maximum absolute atomic E-state index is 12.9. The Hall–Kier alpha value is -3.87. The fourth-order valence-electron chi connectivity index (χ4n) is 3.83. The van der Waals surface area contributed by atoms with E-state index >= 15 is 0 Å². The number of ether oxygens (including phenoxy) is 2. The number of unbranched alkanes of at least 4 members (excludes halogenated alkanes) is 2. The number of rotatable bonds is 16. The number of aryl methyl sites for hydroxylation is 1. The first-order chi connectivity index (χ1) is 18.9. The molecule has 0 aromatic heterocycles. The quantitative estimate of drug-likeness (QED) is 0.145. The Kier molecular flexibility index (Phi) is 12.7. The van der Waals surface area contributed by atoms with Crippen LogP contribution in [0.4, 0.5) is 29.3 Å². The summed E-state index contributed by atoms with van der Waals surface area (Å²) in [4.78, 5) is 36.3. The Morgan fingerprint density at radius 1 is 1.10 bits per heavy atom. The number of nitrogens with zero attached hydrogens (tertiary/aromatic N) is 2. The summed E-state index contributed by atoms with van der Waals surface area (Å²) in [6.07, 6.45) is -5.38. The number of urea groups is 1. The monoisotopic (exact) mass is 569 g/mol. The van der Waals surface area contributed by atoms with E-state index in [2.05, 4.69) is 5.32 Å². The van der Waals surface area contributed by atoms with Gasteiger partial charge in [-0.25, -0.2) is 9.59 Å². The molecule has 0 aliphatic carbocycles. The van der Waals surface area contributed by atoms with Crippen molar-refractivity contribution >= 4 is 23.4 Å². The van der Waals surface area contributed by atoms with E-state index in [0.717, 1.165) is 5.56 Å². The first-order valence-electron chi connectivity index (χ1n) is 12.8. The highest BCUT2D eigenvalue weighted by atomic mass is 19.4. The van der Waals surface area contributed by atoms with Gasteiger partial charge < -0.3 is 24.8 Å². The minimum Gasteiger partial charge on any atom is -0.492 e. The molecule has 2 amide bonds. The van der Waals surface area contributed by atoms with E-state index < -0.39 is 35.6 Å². The molecule has 13 heteroatoms. The lowest BCUT2D eigenvalue weighted by molar-refractivity contribution is -0.385. The topological polar surface area (TPSA) is 131 Å². The summed E-state index contributed by atoms with van der Waals surface area (Å²) in [6.45, 7) is 3.89. The molecule has 0 saturated carbocycles. The standard InChI is InChI=1S/C27H34F3N3O7/c1-3-39-24(25(34)35)17-20-8-11-22(12-9-20)40-16-15-32(14-6-4-5-13-27(28,29)30)26(36)31-21-10-7-19(2)23(18-21)33(37)38/h7-12,18,24H,3-6,13-17H2,1-2H3,(H,31,36)(H,34,35). The zero-order valence-corrected chi connectivity index (χ0v) is 22.4. The van der Waals surface area contributed by atoms with Gasteiger partial charge in [0.15, 0.2) is 6.10 Å². The molecule has 0 aliphatic rings. The molecule has 1 unspecified atom stereocenters. The van der Waals surface area contributed by atoms with Crippen LogP contribution in [0.5, 0.6) is 5.75 Å². The normalized spacial score (nSPS) is 12.0. The Bertz CT molecular complexity index is 1130. The molecule has 40 heavy (non-hydrogen) atoms. The van der Waals surface area contributed by atoms with Crippen LogP contribution in [0.2, 0.25) is 0 Å². The van der Waals surface area contributed by atoms with Crippen molar-refractivity contribution in [1.82, 2.24) is 4.90 Å². The van der Waals surface area contributed by atoms with Crippen LogP contribution in [-0.2, 0) is 16.0 Å². The van der Waals surface area contributed by atoms with Crippen LogP contribution < -0.4 is 10.1 Å². The van der Waals surface area contributed by atoms with Gasteiger partial charge in [0.1, 0.15) is 12.4 Å². The minimum absolute atomic E-state index is 0.0575. The van der Waals surface area contributed by atoms with Crippen LogP contribution >= 0.6 is 0 Å². The third kappa shape index (κ3) is 11.5. The van der Waals surface area contributed by atoms with Crippen LogP contribution in [0.25, 0.3) is 0 Å². The van der Waals surface area contributed by atoms with Gasteiger partial charge in [-0.05, 0) is 50.5 Å². The summed E-state index contributed by atoms with van der Waals surface area (Å²) in [5.74, 6) is -0.578. The Morgan fingerprint density at radius 2 is 1.80 bits per heavy atom. The molecule has 0 heterocycles. The highest BCUT2D eigenvalue weighted by Gasteiger charge is 2.26. The fourth-order valence-corrected chi connectivity index (χ4v) is 3.83. The van der Waals surface area contributed by atoms with Gasteiger partial charge in [0.05, 0.1) is 11.5 Å². The first kappa shape index (κ1) is 32.3. The summed E-state index contributed by atoms with van der Waals surface area (Å²) in [5, 5.41) is 23.1. The van der Waals surface area contributed by atoms with Gasteiger partial charge in [-0.3, -0.25) is 10.1 Å². The maximum atomic E-state index is 12.9. The van der Waals surface area contributed by atoms with E-state index in [0.29, 0.717) is 17.7 Å². The highest BCUT2D eigenvalue weighted by molar-refractivity contribution is 5.89. The van der Waals surface area contributed by atoms with Crippen molar-refractivity contribution in [1.29, 1.82) is 0 Å². The number of nitro benzene ring substituents is 1. The number of nitrogens with one attached hydrogen (secondary N) is 1. The number of nitro groups is 1. The maximum Gasteiger partial charge on any atom is 0.389 e.